The lowest BCUT2D eigenvalue weighted by Crippen LogP contribution is -2.25. The third-order valence-electron chi connectivity index (χ3n) is 2.83. The van der Waals surface area contributed by atoms with Gasteiger partial charge in [-0.25, -0.2) is 0 Å². The molecule has 0 aromatic heterocycles. The molecule has 1 aromatic rings. The quantitative estimate of drug-likeness (QED) is 0.776. The van der Waals surface area contributed by atoms with Gasteiger partial charge in [-0.2, -0.15) is 0 Å². The summed E-state index contributed by atoms with van der Waals surface area (Å²) in [5.41, 5.74) is 7.40. The van der Waals surface area contributed by atoms with E-state index in [-0.39, 0.29) is 5.41 Å². The Morgan fingerprint density at radius 2 is 2.00 bits per heavy atom. The van der Waals surface area contributed by atoms with Gasteiger partial charge in [0, 0.05) is 17.0 Å². The maximum Gasteiger partial charge on any atom is 0.0406 e. The summed E-state index contributed by atoms with van der Waals surface area (Å²) < 4.78 is 0. The topological polar surface area (TPSA) is 26.0 Å². The Balaban J connectivity index is 3.17. The van der Waals surface area contributed by atoms with Gasteiger partial charge in [0.25, 0.3) is 0 Å². The van der Waals surface area contributed by atoms with E-state index in [4.69, 9.17) is 17.3 Å². The Hall–Kier alpha value is -1.05. The molecular formula is C13H16ClN. The maximum absolute atomic E-state index is 5.85. The van der Waals surface area contributed by atoms with Gasteiger partial charge < -0.3 is 5.73 Å². The van der Waals surface area contributed by atoms with Crippen LogP contribution in [0.3, 0.4) is 0 Å². The number of nitrogens with two attached hydrogens (primary N) is 1. The molecule has 0 spiro atoms. The molecule has 0 heterocycles. The molecule has 15 heavy (non-hydrogen) atoms. The lowest BCUT2D eigenvalue weighted by atomic mass is 9.76. The van der Waals surface area contributed by atoms with Crippen LogP contribution in [-0.2, 0) is 5.41 Å². The molecule has 1 aromatic carbocycles. The van der Waals surface area contributed by atoms with Crippen LogP contribution in [0.4, 0.5) is 0 Å². The molecule has 0 amide bonds. The minimum atomic E-state index is -0.278. The smallest absolute Gasteiger partial charge is 0.0406 e. The fourth-order valence-electron chi connectivity index (χ4n) is 1.47. The average Bonchev–Trinajstić information content (AvgIpc) is 2.27. The summed E-state index contributed by atoms with van der Waals surface area (Å²) in [6, 6.07) is 7.68. The predicted molar refractivity (Wildman–Crippen MR) is 67.2 cm³/mol. The van der Waals surface area contributed by atoms with Gasteiger partial charge in [-0.1, -0.05) is 36.4 Å². The molecule has 0 radical (unpaired) electrons. The molecule has 0 aliphatic rings. The number of halogens is 1. The molecule has 80 valence electrons. The van der Waals surface area contributed by atoms with Gasteiger partial charge in [-0.15, -0.1) is 6.58 Å². The van der Waals surface area contributed by atoms with Crippen molar-refractivity contribution in [3.8, 4) is 0 Å². The normalized spacial score (nSPS) is 14.3. The predicted octanol–water partition coefficient (Wildman–Crippen LogP) is 3.30. The summed E-state index contributed by atoms with van der Waals surface area (Å²) in [6.45, 7) is 10.3. The van der Waals surface area contributed by atoms with Crippen molar-refractivity contribution < 1.29 is 0 Å². The summed E-state index contributed by atoms with van der Waals surface area (Å²) in [6.07, 6.45) is 1.87. The first kappa shape index (κ1) is 12.0. The molecule has 0 aliphatic carbocycles. The Kier molecular flexibility index (Phi) is 3.72. The van der Waals surface area contributed by atoms with Crippen molar-refractivity contribution in [3.63, 3.8) is 0 Å². The molecule has 0 bridgehead atoms. The molecular weight excluding hydrogens is 206 g/mol. The molecule has 0 aliphatic heterocycles. The molecule has 0 fully saturated rings. The first-order valence-corrected chi connectivity index (χ1v) is 5.20. The van der Waals surface area contributed by atoms with E-state index in [1.165, 1.54) is 0 Å². The van der Waals surface area contributed by atoms with Crippen LogP contribution in [0.15, 0.2) is 49.1 Å². The van der Waals surface area contributed by atoms with Crippen LogP contribution in [0, 0.1) is 0 Å². The summed E-state index contributed by atoms with van der Waals surface area (Å²) in [4.78, 5) is 0. The lowest BCUT2D eigenvalue weighted by molar-refractivity contribution is 0.690. The zero-order chi connectivity index (χ0) is 11.5. The second-order valence-electron chi connectivity index (χ2n) is 3.72. The number of allylic oxidation sites excluding steroid dienone is 1. The van der Waals surface area contributed by atoms with E-state index in [1.54, 1.807) is 0 Å². The van der Waals surface area contributed by atoms with Gasteiger partial charge in [-0.05, 0) is 30.2 Å². The van der Waals surface area contributed by atoms with Gasteiger partial charge in [0.2, 0.25) is 0 Å². The van der Waals surface area contributed by atoms with Gasteiger partial charge in [-0.3, -0.25) is 0 Å². The highest BCUT2D eigenvalue weighted by Gasteiger charge is 2.25. The number of benzene rings is 1. The highest BCUT2D eigenvalue weighted by Crippen LogP contribution is 2.32. The van der Waals surface area contributed by atoms with Gasteiger partial charge >= 0.3 is 0 Å². The summed E-state index contributed by atoms with van der Waals surface area (Å²) >= 11 is 5.85. The van der Waals surface area contributed by atoms with Gasteiger partial charge in [0.15, 0.2) is 0 Å². The molecule has 1 nitrogen and oxygen atoms in total. The molecule has 0 saturated carbocycles. The van der Waals surface area contributed by atoms with E-state index in [0.717, 1.165) is 16.2 Å². The highest BCUT2D eigenvalue weighted by molar-refractivity contribution is 6.30. The molecule has 1 rings (SSSR count). The molecule has 0 unspecified atom stereocenters. The number of hydrogen-bond acceptors (Lipinski definition) is 1. The Labute approximate surface area is 96.2 Å². The average molecular weight is 222 g/mol. The fraction of sp³-hybridized carbons (Fsp3) is 0.231. The van der Waals surface area contributed by atoms with E-state index in [9.17, 15) is 0 Å². The van der Waals surface area contributed by atoms with Crippen molar-refractivity contribution in [1.29, 1.82) is 0 Å². The maximum atomic E-state index is 5.85. The van der Waals surface area contributed by atoms with Crippen LogP contribution >= 0.6 is 11.6 Å². The fourth-order valence-corrected chi connectivity index (χ4v) is 1.60. The molecule has 1 atom stereocenters. The minimum absolute atomic E-state index is 0.278. The van der Waals surface area contributed by atoms with E-state index in [2.05, 4.69) is 20.1 Å². The second-order valence-corrected chi connectivity index (χ2v) is 4.16. The summed E-state index contributed by atoms with van der Waals surface area (Å²) in [7, 11) is 0. The third kappa shape index (κ3) is 2.31. The summed E-state index contributed by atoms with van der Waals surface area (Å²) in [5, 5.41) is 0.725. The SMILES string of the molecule is C=C[C@](C)(C(=C)CN)c1ccc(Cl)cc1. The Morgan fingerprint density at radius 3 is 2.40 bits per heavy atom. The van der Waals surface area contributed by atoms with Crippen LogP contribution in [0.2, 0.25) is 5.02 Å². The van der Waals surface area contributed by atoms with Gasteiger partial charge in [0.1, 0.15) is 0 Å². The van der Waals surface area contributed by atoms with E-state index in [0.29, 0.717) is 6.54 Å². The van der Waals surface area contributed by atoms with Crippen LogP contribution in [0.1, 0.15) is 12.5 Å². The lowest BCUT2D eigenvalue weighted by Gasteiger charge is -2.28. The van der Waals surface area contributed by atoms with E-state index >= 15 is 0 Å². The van der Waals surface area contributed by atoms with Crippen molar-refractivity contribution >= 4 is 11.6 Å². The van der Waals surface area contributed by atoms with Crippen molar-refractivity contribution in [2.45, 2.75) is 12.3 Å². The van der Waals surface area contributed by atoms with Crippen molar-refractivity contribution in [3.05, 3.63) is 59.7 Å². The summed E-state index contributed by atoms with van der Waals surface area (Å²) in [5.74, 6) is 0. The minimum Gasteiger partial charge on any atom is -0.327 e. The number of rotatable bonds is 4. The zero-order valence-electron chi connectivity index (χ0n) is 8.96. The zero-order valence-corrected chi connectivity index (χ0v) is 9.72. The van der Waals surface area contributed by atoms with Crippen LogP contribution in [0.5, 0.6) is 0 Å². The van der Waals surface area contributed by atoms with Crippen molar-refractivity contribution in [2.24, 2.45) is 5.73 Å². The Morgan fingerprint density at radius 1 is 1.47 bits per heavy atom. The molecule has 2 heteroatoms. The van der Waals surface area contributed by atoms with Crippen LogP contribution in [0.25, 0.3) is 0 Å². The van der Waals surface area contributed by atoms with Crippen LogP contribution in [-0.4, -0.2) is 6.54 Å². The highest BCUT2D eigenvalue weighted by atomic mass is 35.5. The second kappa shape index (κ2) is 4.65. The first-order valence-electron chi connectivity index (χ1n) is 4.82. The van der Waals surface area contributed by atoms with Crippen molar-refractivity contribution in [1.82, 2.24) is 0 Å². The third-order valence-corrected chi connectivity index (χ3v) is 3.08. The van der Waals surface area contributed by atoms with Crippen LogP contribution < -0.4 is 5.73 Å². The molecule has 0 saturated heterocycles. The standard InChI is InChI=1S/C13H16ClN/c1-4-13(3,10(2)9-15)11-5-7-12(14)8-6-11/h4-8H,1-2,9,15H2,3H3/t13-/m1/s1. The van der Waals surface area contributed by atoms with E-state index in [1.807, 2.05) is 30.3 Å². The number of hydrogen-bond donors (Lipinski definition) is 1. The van der Waals surface area contributed by atoms with E-state index < -0.39 is 0 Å². The molecule has 2 N–H and O–H groups in total. The largest absolute Gasteiger partial charge is 0.327 e. The van der Waals surface area contributed by atoms with Crippen molar-refractivity contribution in [2.75, 3.05) is 6.54 Å². The monoisotopic (exact) mass is 221 g/mol. The Bertz CT molecular complexity index is 367. The first-order chi connectivity index (χ1) is 7.04. The van der Waals surface area contributed by atoms with Gasteiger partial charge in [0.05, 0.1) is 0 Å².